The van der Waals surface area contributed by atoms with E-state index in [2.05, 4.69) is 35.8 Å². The molecule has 0 saturated carbocycles. The van der Waals surface area contributed by atoms with Crippen LogP contribution in [0.1, 0.15) is 36.5 Å². The van der Waals surface area contributed by atoms with Crippen LogP contribution in [-0.4, -0.2) is 13.1 Å². The molecule has 2 nitrogen and oxygen atoms in total. The van der Waals surface area contributed by atoms with Gasteiger partial charge in [-0.25, -0.2) is 13.4 Å². The average Bonchev–Trinajstić information content (AvgIpc) is 2.88. The van der Waals surface area contributed by atoms with Crippen LogP contribution in [0, 0.1) is 11.6 Å². The maximum Gasteiger partial charge on any atom is 0.203 e. The van der Waals surface area contributed by atoms with E-state index in [-0.39, 0.29) is 11.6 Å². The highest BCUT2D eigenvalue weighted by molar-refractivity contribution is 5.85. The van der Waals surface area contributed by atoms with Crippen molar-refractivity contribution in [1.29, 1.82) is 0 Å². The van der Waals surface area contributed by atoms with Crippen molar-refractivity contribution in [2.45, 2.75) is 26.2 Å². The van der Waals surface area contributed by atoms with Crippen LogP contribution in [0.3, 0.4) is 0 Å². The average molecular weight is 469 g/mol. The lowest BCUT2D eigenvalue weighted by Gasteiger charge is -2.18. The van der Waals surface area contributed by atoms with Gasteiger partial charge in [0, 0.05) is 30.0 Å². The highest BCUT2D eigenvalue weighted by Crippen LogP contribution is 2.32. The Bertz CT molecular complexity index is 1450. The van der Waals surface area contributed by atoms with Gasteiger partial charge in [0.2, 0.25) is 5.36 Å². The first-order valence-corrected chi connectivity index (χ1v) is 12.1. The summed E-state index contributed by atoms with van der Waals surface area (Å²) in [5, 5.41) is 2.46. The van der Waals surface area contributed by atoms with Crippen molar-refractivity contribution in [2.75, 3.05) is 13.1 Å². The normalized spacial score (nSPS) is 17.1. The summed E-state index contributed by atoms with van der Waals surface area (Å²) in [7, 11) is 0. The fourth-order valence-corrected chi connectivity index (χ4v) is 4.65. The van der Waals surface area contributed by atoms with Gasteiger partial charge in [0.15, 0.2) is 0 Å². The van der Waals surface area contributed by atoms with Crippen LogP contribution in [0.25, 0.3) is 17.4 Å². The van der Waals surface area contributed by atoms with Crippen LogP contribution in [0.15, 0.2) is 90.7 Å². The Labute approximate surface area is 204 Å². The largest absolute Gasteiger partial charge is 0.457 e. The van der Waals surface area contributed by atoms with Crippen LogP contribution in [-0.2, 0) is 11.2 Å². The lowest BCUT2D eigenvalue weighted by Crippen LogP contribution is -2.38. The summed E-state index contributed by atoms with van der Waals surface area (Å²) in [6, 6.07) is 19.2. The zero-order valence-electron chi connectivity index (χ0n) is 19.8. The summed E-state index contributed by atoms with van der Waals surface area (Å²) < 4.78 is 35.6. The van der Waals surface area contributed by atoms with E-state index in [4.69, 9.17) is 4.74 Å². The van der Waals surface area contributed by atoms with Gasteiger partial charge in [0.25, 0.3) is 0 Å². The second-order valence-electron chi connectivity index (χ2n) is 8.94. The van der Waals surface area contributed by atoms with Crippen LogP contribution in [0.2, 0.25) is 0 Å². The zero-order valence-corrected chi connectivity index (χ0v) is 19.8. The van der Waals surface area contributed by atoms with Crippen LogP contribution < -0.4 is 15.2 Å². The van der Waals surface area contributed by atoms with Gasteiger partial charge in [0.05, 0.1) is 0 Å². The maximum absolute atomic E-state index is 13.5. The summed E-state index contributed by atoms with van der Waals surface area (Å²) in [6.07, 6.45) is 11.3. The number of hydrogen-bond donors (Lipinski definition) is 0. The minimum atomic E-state index is -0.298. The van der Waals surface area contributed by atoms with E-state index in [9.17, 15) is 8.78 Å². The molecule has 5 rings (SSSR count). The molecule has 0 unspecified atom stereocenters. The predicted octanol–water partition coefficient (Wildman–Crippen LogP) is 5.63. The SMILES string of the molecule is CCC[N+]1=c2cc/c(=C\C=C3/C=C(c4ccc(F)cc4)C=C(c4ccc(F)cc4)O3)cc2CCC1. The van der Waals surface area contributed by atoms with Crippen molar-refractivity contribution in [3.8, 4) is 0 Å². The first kappa shape index (κ1) is 23.0. The van der Waals surface area contributed by atoms with Gasteiger partial charge in [0.1, 0.15) is 36.2 Å². The molecule has 0 bridgehead atoms. The molecule has 3 aromatic carbocycles. The highest BCUT2D eigenvalue weighted by atomic mass is 19.1. The Kier molecular flexibility index (Phi) is 6.71. The van der Waals surface area contributed by atoms with Crippen LogP contribution in [0.5, 0.6) is 0 Å². The van der Waals surface area contributed by atoms with Crippen molar-refractivity contribution in [1.82, 2.24) is 4.58 Å². The number of halogens is 2. The number of hydrogen-bond acceptors (Lipinski definition) is 1. The second-order valence-corrected chi connectivity index (χ2v) is 8.94. The fraction of sp³-hybridized carbons (Fsp3) is 0.194. The van der Waals surface area contributed by atoms with Gasteiger partial charge in [-0.05, 0) is 89.5 Å². The predicted molar refractivity (Wildman–Crippen MR) is 138 cm³/mol. The molecule has 4 heteroatoms. The molecule has 0 saturated heterocycles. The molecule has 0 N–H and O–H groups in total. The van der Waals surface area contributed by atoms with Gasteiger partial charge in [-0.15, -0.1) is 0 Å². The topological polar surface area (TPSA) is 12.2 Å². The number of aryl methyl sites for hydroxylation is 1. The van der Waals surface area contributed by atoms with Crippen molar-refractivity contribution in [3.05, 3.63) is 130 Å². The summed E-state index contributed by atoms with van der Waals surface area (Å²) in [5.74, 6) is 0.704. The van der Waals surface area contributed by atoms with Gasteiger partial charge in [-0.2, -0.15) is 0 Å². The molecule has 0 amide bonds. The first-order chi connectivity index (χ1) is 17.1. The molecule has 3 aromatic rings. The zero-order chi connectivity index (χ0) is 24.2. The number of ether oxygens (including phenoxy) is 1. The molecule has 35 heavy (non-hydrogen) atoms. The minimum Gasteiger partial charge on any atom is -0.457 e. The molecule has 176 valence electrons. The number of nitrogens with zero attached hydrogens (tertiary/aromatic N) is 1. The summed E-state index contributed by atoms with van der Waals surface area (Å²) in [6.45, 7) is 4.43. The molecule has 2 aliphatic rings. The standard InChI is InChI=1S/C31H28F2NO/c1-2-17-34-18-3-4-25-19-22(6-16-30(25)34)5-15-29-20-26(23-7-11-27(32)12-8-23)21-31(35-29)24-9-13-28(33)14-10-24/h5-16,19-21H,2-4,17-18H2,1H3/q+1/b22-5+,29-15+. The Morgan fingerprint density at radius 2 is 1.57 bits per heavy atom. The van der Waals surface area contributed by atoms with Gasteiger partial charge in [-0.1, -0.05) is 25.1 Å². The van der Waals surface area contributed by atoms with Crippen molar-refractivity contribution in [2.24, 2.45) is 0 Å². The second kappa shape index (κ2) is 10.2. The van der Waals surface area contributed by atoms with E-state index in [1.54, 1.807) is 24.3 Å². The van der Waals surface area contributed by atoms with Gasteiger partial charge >= 0.3 is 0 Å². The first-order valence-electron chi connectivity index (χ1n) is 12.1. The molecule has 2 aliphatic heterocycles. The summed E-state index contributed by atoms with van der Waals surface area (Å²) in [5.41, 5.74) is 3.94. The van der Waals surface area contributed by atoms with E-state index in [1.807, 2.05) is 18.2 Å². The number of fused-ring (bicyclic) bond motifs is 1. The molecule has 0 radical (unpaired) electrons. The molecular formula is C31H28F2NO+. The van der Waals surface area contributed by atoms with Gasteiger partial charge < -0.3 is 4.74 Å². The summed E-state index contributed by atoms with van der Waals surface area (Å²) >= 11 is 0. The van der Waals surface area contributed by atoms with Crippen LogP contribution in [0.4, 0.5) is 8.78 Å². The lowest BCUT2D eigenvalue weighted by atomic mass is 10.00. The quantitative estimate of drug-likeness (QED) is 0.442. The van der Waals surface area contributed by atoms with Gasteiger partial charge in [-0.3, -0.25) is 0 Å². The Hall–Kier alpha value is -3.79. The maximum atomic E-state index is 13.5. The Morgan fingerprint density at radius 3 is 2.29 bits per heavy atom. The monoisotopic (exact) mass is 468 g/mol. The lowest BCUT2D eigenvalue weighted by molar-refractivity contribution is 0.398. The third-order valence-corrected chi connectivity index (χ3v) is 6.37. The van der Waals surface area contributed by atoms with E-state index in [1.165, 1.54) is 41.6 Å². The highest BCUT2D eigenvalue weighted by Gasteiger charge is 2.16. The molecular weight excluding hydrogens is 440 g/mol. The Balaban J connectivity index is 1.53. The van der Waals surface area contributed by atoms with Crippen LogP contribution >= 0.6 is 0 Å². The van der Waals surface area contributed by atoms with Crippen molar-refractivity contribution >= 4 is 17.4 Å². The number of allylic oxidation sites excluding steroid dienone is 4. The molecule has 0 fully saturated rings. The summed E-state index contributed by atoms with van der Waals surface area (Å²) in [4.78, 5) is 0. The van der Waals surface area contributed by atoms with E-state index in [0.29, 0.717) is 11.5 Å². The molecule has 0 spiro atoms. The molecule has 0 aromatic heterocycles. The van der Waals surface area contributed by atoms with E-state index >= 15 is 0 Å². The van der Waals surface area contributed by atoms with E-state index in [0.717, 1.165) is 47.8 Å². The number of benzene rings is 3. The third kappa shape index (κ3) is 5.32. The van der Waals surface area contributed by atoms with Crippen molar-refractivity contribution < 1.29 is 13.5 Å². The molecule has 0 aliphatic carbocycles. The number of rotatable bonds is 5. The smallest absolute Gasteiger partial charge is 0.203 e. The van der Waals surface area contributed by atoms with Crippen molar-refractivity contribution in [3.63, 3.8) is 0 Å². The fourth-order valence-electron chi connectivity index (χ4n) is 4.65. The third-order valence-electron chi connectivity index (χ3n) is 6.37. The molecule has 0 atom stereocenters. The minimum absolute atomic E-state index is 0.279. The Morgan fingerprint density at radius 1 is 0.857 bits per heavy atom. The van der Waals surface area contributed by atoms with E-state index < -0.39 is 0 Å². The molecule has 2 heterocycles.